The molecule has 0 unspecified atom stereocenters. The Morgan fingerprint density at radius 2 is 1.94 bits per heavy atom. The van der Waals surface area contributed by atoms with Gasteiger partial charge in [-0.25, -0.2) is 0 Å². The van der Waals surface area contributed by atoms with Crippen molar-refractivity contribution in [2.45, 2.75) is 26.3 Å². The number of amides is 1. The number of carbonyl (C=O) groups excluding carboxylic acids is 1. The molecule has 31 heavy (non-hydrogen) atoms. The number of hydrogen-bond acceptors (Lipinski definition) is 3. The van der Waals surface area contributed by atoms with Gasteiger partial charge in [-0.1, -0.05) is 48.0 Å². The summed E-state index contributed by atoms with van der Waals surface area (Å²) in [6, 6.07) is 18.7. The van der Waals surface area contributed by atoms with Crippen LogP contribution in [-0.2, 0) is 6.54 Å². The molecule has 5 heteroatoms. The molecule has 3 heterocycles. The number of aromatic amines is 1. The molecular weight excluding hydrogens is 384 g/mol. The monoisotopic (exact) mass is 412 g/mol. The van der Waals surface area contributed by atoms with Crippen LogP contribution >= 0.6 is 0 Å². The highest BCUT2D eigenvalue weighted by Gasteiger charge is 2.20. The van der Waals surface area contributed by atoms with Gasteiger partial charge < -0.3 is 10.3 Å². The van der Waals surface area contributed by atoms with Gasteiger partial charge in [-0.15, -0.1) is 0 Å². The lowest BCUT2D eigenvalue weighted by Gasteiger charge is -2.32. The molecule has 0 spiro atoms. The number of nitrogens with one attached hydrogen (secondary N) is 2. The zero-order valence-electron chi connectivity index (χ0n) is 17.9. The standard InChI is InChI=1S/C26H28N4O/c1-18-4-2-5-20(14-18)17-30-12-9-19(10-13-30)16-28-26(31)23-15-22-8-7-21-6-3-11-27-24(21)25(22)29-23/h2-8,11,14-15,19,29H,9-10,12-13,16-17H2,1H3,(H,28,31). The lowest BCUT2D eigenvalue weighted by Crippen LogP contribution is -2.38. The van der Waals surface area contributed by atoms with Gasteiger partial charge in [-0.3, -0.25) is 14.7 Å². The first kappa shape index (κ1) is 19.8. The molecule has 0 aliphatic carbocycles. The van der Waals surface area contributed by atoms with Gasteiger partial charge in [-0.05, 0) is 56.5 Å². The second-order valence-electron chi connectivity index (χ2n) is 8.71. The molecule has 0 atom stereocenters. The van der Waals surface area contributed by atoms with Gasteiger partial charge in [0.15, 0.2) is 0 Å². The van der Waals surface area contributed by atoms with Crippen molar-refractivity contribution in [2.75, 3.05) is 19.6 Å². The van der Waals surface area contributed by atoms with Crippen LogP contribution in [-0.4, -0.2) is 40.4 Å². The quantitative estimate of drug-likeness (QED) is 0.501. The van der Waals surface area contributed by atoms with Crippen LogP contribution < -0.4 is 5.32 Å². The van der Waals surface area contributed by atoms with Crippen LogP contribution in [0.1, 0.15) is 34.5 Å². The summed E-state index contributed by atoms with van der Waals surface area (Å²) in [5, 5.41) is 5.23. The molecule has 2 aromatic carbocycles. The number of carbonyl (C=O) groups is 1. The maximum Gasteiger partial charge on any atom is 0.267 e. The van der Waals surface area contributed by atoms with Gasteiger partial charge in [0.05, 0.1) is 11.0 Å². The summed E-state index contributed by atoms with van der Waals surface area (Å²) in [5.41, 5.74) is 5.13. The first-order chi connectivity index (χ1) is 15.2. The van der Waals surface area contributed by atoms with E-state index >= 15 is 0 Å². The van der Waals surface area contributed by atoms with E-state index in [0.717, 1.165) is 60.8 Å². The van der Waals surface area contributed by atoms with Gasteiger partial charge in [0.2, 0.25) is 0 Å². The minimum atomic E-state index is -0.0394. The molecule has 2 aromatic heterocycles. The molecule has 2 N–H and O–H groups in total. The van der Waals surface area contributed by atoms with E-state index in [2.05, 4.69) is 51.4 Å². The van der Waals surface area contributed by atoms with Crippen LogP contribution in [0.2, 0.25) is 0 Å². The van der Waals surface area contributed by atoms with Crippen molar-refractivity contribution < 1.29 is 4.79 Å². The van der Waals surface area contributed by atoms with Crippen LogP contribution in [0.4, 0.5) is 0 Å². The fraction of sp³-hybridized carbons (Fsp3) is 0.308. The molecule has 5 rings (SSSR count). The molecule has 0 radical (unpaired) electrons. The second kappa shape index (κ2) is 8.52. The molecule has 1 saturated heterocycles. The van der Waals surface area contributed by atoms with Crippen LogP contribution in [0.15, 0.2) is 60.8 Å². The Morgan fingerprint density at radius 1 is 1.10 bits per heavy atom. The number of pyridine rings is 1. The molecule has 4 aromatic rings. The van der Waals surface area contributed by atoms with Crippen LogP contribution in [0, 0.1) is 12.8 Å². The van der Waals surface area contributed by atoms with E-state index < -0.39 is 0 Å². The molecule has 1 aliphatic rings. The van der Waals surface area contributed by atoms with Crippen LogP contribution in [0.3, 0.4) is 0 Å². The summed E-state index contributed by atoms with van der Waals surface area (Å²) < 4.78 is 0. The Labute approximate surface area is 182 Å². The van der Waals surface area contributed by atoms with Crippen molar-refractivity contribution in [3.63, 3.8) is 0 Å². The number of piperidine rings is 1. The summed E-state index contributed by atoms with van der Waals surface area (Å²) in [6.07, 6.45) is 4.02. The van der Waals surface area contributed by atoms with Crippen molar-refractivity contribution in [3.05, 3.63) is 77.6 Å². The van der Waals surface area contributed by atoms with Crippen molar-refractivity contribution >= 4 is 27.7 Å². The average molecular weight is 413 g/mol. The number of hydrogen-bond donors (Lipinski definition) is 2. The molecule has 1 aliphatic heterocycles. The number of rotatable bonds is 5. The number of aryl methyl sites for hydroxylation is 1. The van der Waals surface area contributed by atoms with Crippen molar-refractivity contribution in [1.29, 1.82) is 0 Å². The maximum absolute atomic E-state index is 12.8. The predicted octanol–water partition coefficient (Wildman–Crippen LogP) is 4.67. The van der Waals surface area contributed by atoms with Crippen LogP contribution in [0.5, 0.6) is 0 Å². The minimum absolute atomic E-state index is 0.0394. The van der Waals surface area contributed by atoms with Gasteiger partial charge >= 0.3 is 0 Å². The number of aromatic nitrogens is 2. The summed E-state index contributed by atoms with van der Waals surface area (Å²) in [6.45, 7) is 6.05. The number of likely N-dealkylation sites (tertiary alicyclic amines) is 1. The van der Waals surface area contributed by atoms with Crippen molar-refractivity contribution in [1.82, 2.24) is 20.2 Å². The zero-order valence-corrected chi connectivity index (χ0v) is 17.9. The number of benzene rings is 2. The largest absolute Gasteiger partial charge is 0.350 e. The normalized spacial score (nSPS) is 15.5. The fourth-order valence-electron chi connectivity index (χ4n) is 4.61. The second-order valence-corrected chi connectivity index (χ2v) is 8.71. The lowest BCUT2D eigenvalue weighted by molar-refractivity contribution is 0.0931. The Kier molecular flexibility index (Phi) is 5.43. The molecule has 1 fully saturated rings. The van der Waals surface area contributed by atoms with Gasteiger partial charge in [0.1, 0.15) is 5.69 Å². The summed E-state index contributed by atoms with van der Waals surface area (Å²) in [4.78, 5) is 23.0. The van der Waals surface area contributed by atoms with Gasteiger partial charge in [0.25, 0.3) is 5.91 Å². The third-order valence-corrected chi connectivity index (χ3v) is 6.36. The summed E-state index contributed by atoms with van der Waals surface area (Å²) >= 11 is 0. The molecule has 0 saturated carbocycles. The van der Waals surface area contributed by atoms with E-state index in [-0.39, 0.29) is 5.91 Å². The van der Waals surface area contributed by atoms with Gasteiger partial charge in [-0.2, -0.15) is 0 Å². The van der Waals surface area contributed by atoms with E-state index in [9.17, 15) is 4.79 Å². The highest BCUT2D eigenvalue weighted by atomic mass is 16.1. The maximum atomic E-state index is 12.8. The van der Waals surface area contributed by atoms with E-state index in [0.29, 0.717) is 11.6 Å². The molecule has 5 nitrogen and oxygen atoms in total. The third-order valence-electron chi connectivity index (χ3n) is 6.36. The van der Waals surface area contributed by atoms with Gasteiger partial charge in [0, 0.05) is 30.1 Å². The highest BCUT2D eigenvalue weighted by molar-refractivity contribution is 6.07. The highest BCUT2D eigenvalue weighted by Crippen LogP contribution is 2.24. The smallest absolute Gasteiger partial charge is 0.267 e. The topological polar surface area (TPSA) is 61.0 Å². The molecule has 0 bridgehead atoms. The Bertz CT molecular complexity index is 1220. The van der Waals surface area contributed by atoms with E-state index in [1.165, 1.54) is 11.1 Å². The first-order valence-electron chi connectivity index (χ1n) is 11.1. The SMILES string of the molecule is Cc1cccc(CN2CCC(CNC(=O)c3cc4ccc5cccnc5c4[nH]3)CC2)c1. The van der Waals surface area contributed by atoms with Crippen molar-refractivity contribution in [2.24, 2.45) is 5.92 Å². The first-order valence-corrected chi connectivity index (χ1v) is 11.1. The summed E-state index contributed by atoms with van der Waals surface area (Å²) in [7, 11) is 0. The molecular formula is C26H28N4O. The Morgan fingerprint density at radius 3 is 2.77 bits per heavy atom. The number of nitrogens with zero attached hydrogens (tertiary/aromatic N) is 2. The van der Waals surface area contributed by atoms with E-state index in [1.54, 1.807) is 6.20 Å². The zero-order chi connectivity index (χ0) is 21.2. The number of fused-ring (bicyclic) bond motifs is 3. The van der Waals surface area contributed by atoms with E-state index in [4.69, 9.17) is 0 Å². The summed E-state index contributed by atoms with van der Waals surface area (Å²) in [5.74, 6) is 0.493. The average Bonchev–Trinajstić information content (AvgIpc) is 3.24. The Hall–Kier alpha value is -3.18. The van der Waals surface area contributed by atoms with E-state index in [1.807, 2.05) is 30.3 Å². The molecule has 1 amide bonds. The van der Waals surface area contributed by atoms with Crippen LogP contribution in [0.25, 0.3) is 21.8 Å². The Balaban J connectivity index is 1.16. The number of H-pyrrole nitrogens is 1. The third kappa shape index (κ3) is 4.32. The lowest BCUT2D eigenvalue weighted by atomic mass is 9.96. The minimum Gasteiger partial charge on any atom is -0.350 e. The van der Waals surface area contributed by atoms with Crippen molar-refractivity contribution in [3.8, 4) is 0 Å². The fourth-order valence-corrected chi connectivity index (χ4v) is 4.61. The predicted molar refractivity (Wildman–Crippen MR) is 125 cm³/mol. The molecule has 158 valence electrons.